The van der Waals surface area contributed by atoms with Crippen molar-refractivity contribution in [1.29, 1.82) is 0 Å². The van der Waals surface area contributed by atoms with E-state index in [1.807, 2.05) is 3.33 Å². The molecule has 0 aromatic carbocycles. The molecule has 0 saturated heterocycles. The van der Waals surface area contributed by atoms with Crippen molar-refractivity contribution >= 4 is 7.43 Å². The SMILES string of the molecule is CC1=CC[C]([Hf+2][SiH3])=C1C.[Br-].[Br-]. The van der Waals surface area contributed by atoms with E-state index in [4.69, 9.17) is 0 Å². The topological polar surface area (TPSA) is 0 Å². The Balaban J connectivity index is 0. The maximum absolute atomic E-state index is 2.38. The van der Waals surface area contributed by atoms with Crippen molar-refractivity contribution in [3.63, 3.8) is 0 Å². The van der Waals surface area contributed by atoms with Crippen molar-refractivity contribution in [3.8, 4) is 0 Å². The minimum absolute atomic E-state index is 0. The fourth-order valence-corrected chi connectivity index (χ4v) is 8.98. The molecule has 1 aliphatic carbocycles. The third-order valence-corrected chi connectivity index (χ3v) is 11.1. The molecule has 11 heavy (non-hydrogen) atoms. The largest absolute Gasteiger partial charge is 1.00 e. The van der Waals surface area contributed by atoms with Gasteiger partial charge < -0.3 is 34.0 Å². The van der Waals surface area contributed by atoms with Crippen LogP contribution in [0.1, 0.15) is 20.3 Å². The van der Waals surface area contributed by atoms with Crippen LogP contribution in [0, 0.1) is 0 Å². The summed E-state index contributed by atoms with van der Waals surface area (Å²) in [7, 11) is 1.51. The van der Waals surface area contributed by atoms with E-state index in [9.17, 15) is 0 Å². The molecular weight excluding hydrogens is 450 g/mol. The van der Waals surface area contributed by atoms with Crippen LogP contribution in [0.4, 0.5) is 0 Å². The predicted molar refractivity (Wildman–Crippen MR) is 41.0 cm³/mol. The standard InChI is InChI=1S/C7H9.2BrH.Hf.H3Si/c1-6-4-3-5-7(6)2;;;;/h4H,3H2,1-2H3;2*1H;;1H3/q;;;+2;/p-2. The van der Waals surface area contributed by atoms with E-state index in [2.05, 4.69) is 19.9 Å². The molecule has 0 atom stereocenters. The molecule has 0 aromatic rings. The zero-order chi connectivity index (χ0) is 6.85. The van der Waals surface area contributed by atoms with Crippen molar-refractivity contribution in [3.05, 3.63) is 20.6 Å². The molecule has 0 aliphatic heterocycles. The van der Waals surface area contributed by atoms with Crippen molar-refractivity contribution in [1.82, 2.24) is 0 Å². The Morgan fingerprint density at radius 2 is 1.91 bits per heavy atom. The summed E-state index contributed by atoms with van der Waals surface area (Å²) in [6.07, 6.45) is 3.71. The summed E-state index contributed by atoms with van der Waals surface area (Å²) in [5.74, 6) is 0. The Morgan fingerprint density at radius 3 is 2.09 bits per heavy atom. The first kappa shape index (κ1) is 15.0. The van der Waals surface area contributed by atoms with Crippen LogP contribution < -0.4 is 34.0 Å². The zero-order valence-electron chi connectivity index (χ0n) is 7.04. The number of rotatable bonds is 1. The van der Waals surface area contributed by atoms with Gasteiger partial charge in [0.05, 0.1) is 0 Å². The molecule has 0 spiro atoms. The quantitative estimate of drug-likeness (QED) is 0.343. The van der Waals surface area contributed by atoms with Gasteiger partial charge in [0.1, 0.15) is 0 Å². The Kier molecular flexibility index (Phi) is 9.53. The Bertz CT molecular complexity index is 187. The van der Waals surface area contributed by atoms with Gasteiger partial charge in [0.2, 0.25) is 0 Å². The van der Waals surface area contributed by atoms with E-state index in [-0.39, 0.29) is 56.0 Å². The molecule has 62 valence electrons. The third-order valence-electron chi connectivity index (χ3n) is 1.96. The average Bonchev–Trinajstić information content (AvgIpc) is 2.15. The van der Waals surface area contributed by atoms with Gasteiger partial charge in [0, 0.05) is 0 Å². The number of halogens is 2. The smallest absolute Gasteiger partial charge is 1.00 e. The van der Waals surface area contributed by atoms with Crippen molar-refractivity contribution in [2.24, 2.45) is 0 Å². The van der Waals surface area contributed by atoms with E-state index < -0.39 is 0 Å². The van der Waals surface area contributed by atoms with Crippen LogP contribution in [0.25, 0.3) is 0 Å². The average molecular weight is 463 g/mol. The van der Waals surface area contributed by atoms with Crippen LogP contribution in [0.2, 0.25) is 0 Å². The van der Waals surface area contributed by atoms with Crippen LogP contribution in [0.15, 0.2) is 20.6 Å². The van der Waals surface area contributed by atoms with Gasteiger partial charge in [-0.25, -0.2) is 0 Å². The molecule has 0 bridgehead atoms. The van der Waals surface area contributed by atoms with Crippen molar-refractivity contribution in [2.45, 2.75) is 20.3 Å². The van der Waals surface area contributed by atoms with Gasteiger partial charge in [-0.3, -0.25) is 0 Å². The molecule has 0 N–H and O–H groups in total. The fraction of sp³-hybridized carbons (Fsp3) is 0.429. The molecule has 0 saturated carbocycles. The van der Waals surface area contributed by atoms with Crippen LogP contribution in [0.3, 0.4) is 0 Å². The summed E-state index contributed by atoms with van der Waals surface area (Å²) in [5, 5.41) is 0. The van der Waals surface area contributed by atoms with Gasteiger partial charge in [-0.15, -0.1) is 0 Å². The second-order valence-corrected chi connectivity index (χ2v) is 10.5. The minimum atomic E-state index is -0.156. The van der Waals surface area contributed by atoms with Gasteiger partial charge >= 0.3 is 70.3 Å². The molecule has 0 fully saturated rings. The normalized spacial score (nSPS) is 14.9. The second kappa shape index (κ2) is 6.98. The van der Waals surface area contributed by atoms with Gasteiger partial charge in [-0.1, -0.05) is 0 Å². The first-order chi connectivity index (χ1) is 4.25. The molecule has 0 heterocycles. The third kappa shape index (κ3) is 3.83. The summed E-state index contributed by atoms with van der Waals surface area (Å²) in [5.41, 5.74) is 3.20. The zero-order valence-corrected chi connectivity index (χ0v) is 15.8. The Labute approximate surface area is 103 Å². The Hall–Kier alpha value is 1.53. The summed E-state index contributed by atoms with van der Waals surface area (Å²) < 4.78 is 1.87. The van der Waals surface area contributed by atoms with Crippen LogP contribution in [0.5, 0.6) is 0 Å². The van der Waals surface area contributed by atoms with E-state index in [0.717, 1.165) is 0 Å². The van der Waals surface area contributed by atoms with Crippen LogP contribution in [-0.4, -0.2) is 7.43 Å². The molecule has 1 rings (SSSR count). The van der Waals surface area contributed by atoms with Gasteiger partial charge in [-0.2, -0.15) is 0 Å². The Morgan fingerprint density at radius 1 is 1.36 bits per heavy atom. The summed E-state index contributed by atoms with van der Waals surface area (Å²) in [6.45, 7) is 4.53. The monoisotopic (exact) mass is 462 g/mol. The van der Waals surface area contributed by atoms with Crippen molar-refractivity contribution in [2.75, 3.05) is 0 Å². The molecular formula is C7H12Br2HfSi. The second-order valence-electron chi connectivity index (χ2n) is 2.44. The van der Waals surface area contributed by atoms with Crippen molar-refractivity contribution < 1.29 is 56.0 Å². The molecule has 4 heteroatoms. The maximum Gasteiger partial charge on any atom is -1.00 e. The summed E-state index contributed by atoms with van der Waals surface area (Å²) in [6, 6.07) is 0. The van der Waals surface area contributed by atoms with Gasteiger partial charge in [-0.05, 0) is 0 Å². The van der Waals surface area contributed by atoms with Gasteiger partial charge in [0.15, 0.2) is 0 Å². The van der Waals surface area contributed by atoms with Crippen LogP contribution >= 0.6 is 0 Å². The van der Waals surface area contributed by atoms with E-state index in [0.29, 0.717) is 0 Å². The first-order valence-electron chi connectivity index (χ1n) is 3.30. The fourth-order valence-electron chi connectivity index (χ4n) is 1.09. The minimum Gasteiger partial charge on any atom is -1.00 e. The predicted octanol–water partition coefficient (Wildman–Crippen LogP) is -5.02. The van der Waals surface area contributed by atoms with E-state index >= 15 is 0 Å². The number of allylic oxidation sites excluding steroid dienone is 4. The first-order valence-corrected chi connectivity index (χ1v) is 16.9. The molecule has 0 radical (unpaired) electrons. The molecule has 0 amide bonds. The van der Waals surface area contributed by atoms with E-state index in [1.165, 1.54) is 13.9 Å². The number of hydrogen-bond acceptors (Lipinski definition) is 0. The summed E-state index contributed by atoms with van der Waals surface area (Å²) in [4.78, 5) is 0. The van der Waals surface area contributed by atoms with E-state index in [1.54, 1.807) is 11.1 Å². The van der Waals surface area contributed by atoms with Crippen LogP contribution in [-0.2, 0) is 22.1 Å². The molecule has 0 nitrogen and oxygen atoms in total. The van der Waals surface area contributed by atoms with Gasteiger partial charge in [0.25, 0.3) is 0 Å². The molecule has 0 unspecified atom stereocenters. The number of hydrogen-bond donors (Lipinski definition) is 0. The molecule has 1 aliphatic rings. The maximum atomic E-state index is 2.38. The molecule has 0 aromatic heterocycles. The summed E-state index contributed by atoms with van der Waals surface area (Å²) >= 11 is -0.156.